The maximum Gasteiger partial charge on any atom is 0.0138 e. The highest BCUT2D eigenvalue weighted by molar-refractivity contribution is 9.11. The second kappa shape index (κ2) is 2.54. The Labute approximate surface area is 71.1 Å². The van der Waals surface area contributed by atoms with E-state index >= 15 is 0 Å². The van der Waals surface area contributed by atoms with Crippen LogP contribution in [0, 0.1) is 5.41 Å². The van der Waals surface area contributed by atoms with Crippen molar-refractivity contribution in [2.24, 2.45) is 5.41 Å². The molecule has 0 nitrogen and oxygen atoms in total. The Hall–Kier alpha value is -0.0400. The van der Waals surface area contributed by atoms with Crippen molar-refractivity contribution in [3.8, 4) is 0 Å². The molecular weight excluding hydrogens is 188 g/mol. The summed E-state index contributed by atoms with van der Waals surface area (Å²) >= 11 is 3.46. The fraction of sp³-hybridized carbons (Fsp3) is 0.556. The van der Waals surface area contributed by atoms with Crippen LogP contribution in [0.3, 0.4) is 0 Å². The average Bonchev–Trinajstić information content (AvgIpc) is 2.11. The molecule has 0 aliphatic heterocycles. The third kappa shape index (κ3) is 1.72. The van der Waals surface area contributed by atoms with Gasteiger partial charge in [-0.2, -0.15) is 0 Å². The highest BCUT2D eigenvalue weighted by Gasteiger charge is 2.18. The molecule has 0 bridgehead atoms. The summed E-state index contributed by atoms with van der Waals surface area (Å²) in [5, 5.41) is 0. The van der Waals surface area contributed by atoms with Crippen molar-refractivity contribution in [3.05, 3.63) is 22.2 Å². The lowest BCUT2D eigenvalue weighted by molar-refractivity contribution is 0.496. The molecule has 0 aromatic carbocycles. The zero-order valence-electron chi connectivity index (χ0n) is 6.74. The number of rotatable bonds is 0. The first-order chi connectivity index (χ1) is 4.50. The second-order valence-electron chi connectivity index (χ2n) is 3.71. The van der Waals surface area contributed by atoms with Gasteiger partial charge in [0.1, 0.15) is 0 Å². The van der Waals surface area contributed by atoms with Crippen LogP contribution in [0.4, 0.5) is 0 Å². The Morgan fingerprint density at radius 2 is 2.00 bits per heavy atom. The lowest BCUT2D eigenvalue weighted by Crippen LogP contribution is -2.06. The number of halogens is 1. The fourth-order valence-corrected chi connectivity index (χ4v) is 1.45. The van der Waals surface area contributed by atoms with E-state index in [1.54, 1.807) is 0 Å². The van der Waals surface area contributed by atoms with Crippen molar-refractivity contribution >= 4 is 15.9 Å². The largest absolute Gasteiger partial charge is 0.0662 e. The summed E-state index contributed by atoms with van der Waals surface area (Å²) in [6, 6.07) is 0. The number of hydrogen-bond acceptors (Lipinski definition) is 0. The quantitative estimate of drug-likeness (QED) is 0.561. The van der Waals surface area contributed by atoms with Gasteiger partial charge in [0, 0.05) is 4.48 Å². The molecule has 0 fully saturated rings. The lowest BCUT2D eigenvalue weighted by Gasteiger charge is -2.19. The zero-order chi connectivity index (χ0) is 7.78. The van der Waals surface area contributed by atoms with Crippen LogP contribution in [0.15, 0.2) is 22.2 Å². The maximum absolute atomic E-state index is 3.46. The molecule has 0 N–H and O–H groups in total. The van der Waals surface area contributed by atoms with Gasteiger partial charge in [0.15, 0.2) is 0 Å². The Morgan fingerprint density at radius 1 is 1.40 bits per heavy atom. The predicted molar refractivity (Wildman–Crippen MR) is 49.2 cm³/mol. The van der Waals surface area contributed by atoms with Gasteiger partial charge >= 0.3 is 0 Å². The van der Waals surface area contributed by atoms with E-state index in [4.69, 9.17) is 0 Å². The summed E-state index contributed by atoms with van der Waals surface area (Å²) < 4.78 is 1.23. The normalized spacial score (nSPS) is 18.8. The van der Waals surface area contributed by atoms with E-state index in [1.807, 2.05) is 0 Å². The van der Waals surface area contributed by atoms with Crippen LogP contribution in [0.1, 0.15) is 27.2 Å². The van der Waals surface area contributed by atoms with Crippen LogP contribution in [-0.4, -0.2) is 0 Å². The van der Waals surface area contributed by atoms with Gasteiger partial charge in [0.2, 0.25) is 0 Å². The Kier molecular flexibility index (Phi) is 2.04. The number of allylic oxidation sites excluding steroid dienone is 4. The van der Waals surface area contributed by atoms with Gasteiger partial charge in [-0.05, 0) is 17.9 Å². The Morgan fingerprint density at radius 3 is 2.20 bits per heavy atom. The SMILES string of the molecule is CC(C)(C)C1=CC(Br)=CC1. The molecule has 0 saturated carbocycles. The lowest BCUT2D eigenvalue weighted by atomic mass is 9.86. The molecule has 0 saturated heterocycles. The summed E-state index contributed by atoms with van der Waals surface area (Å²) in [4.78, 5) is 0. The van der Waals surface area contributed by atoms with Crippen LogP contribution >= 0.6 is 15.9 Å². The molecule has 1 aliphatic carbocycles. The summed E-state index contributed by atoms with van der Waals surface area (Å²) in [7, 11) is 0. The van der Waals surface area contributed by atoms with Gasteiger partial charge in [0.25, 0.3) is 0 Å². The zero-order valence-corrected chi connectivity index (χ0v) is 8.33. The van der Waals surface area contributed by atoms with Crippen LogP contribution in [0.2, 0.25) is 0 Å². The van der Waals surface area contributed by atoms with Crippen LogP contribution in [0.25, 0.3) is 0 Å². The van der Waals surface area contributed by atoms with E-state index in [0.717, 1.165) is 6.42 Å². The summed E-state index contributed by atoms with van der Waals surface area (Å²) in [6.07, 6.45) is 5.55. The standard InChI is InChI=1S/C9H13Br/c1-9(2,3)7-4-5-8(10)6-7/h5-6H,4H2,1-3H3. The first kappa shape index (κ1) is 8.06. The summed E-state index contributed by atoms with van der Waals surface area (Å²) in [5.41, 5.74) is 1.85. The smallest absolute Gasteiger partial charge is 0.0138 e. The molecule has 1 aliphatic rings. The molecule has 0 amide bonds. The van der Waals surface area contributed by atoms with E-state index < -0.39 is 0 Å². The molecule has 1 rings (SSSR count). The molecule has 0 aromatic heterocycles. The van der Waals surface area contributed by atoms with Crippen molar-refractivity contribution < 1.29 is 0 Å². The summed E-state index contributed by atoms with van der Waals surface area (Å²) in [6.45, 7) is 6.74. The molecule has 0 spiro atoms. The Bertz CT molecular complexity index is 191. The highest BCUT2D eigenvalue weighted by atomic mass is 79.9. The van der Waals surface area contributed by atoms with E-state index in [2.05, 4.69) is 48.9 Å². The molecule has 0 heterocycles. The van der Waals surface area contributed by atoms with Crippen LogP contribution in [-0.2, 0) is 0 Å². The van der Waals surface area contributed by atoms with E-state index in [9.17, 15) is 0 Å². The Balaban J connectivity index is 2.73. The minimum atomic E-state index is 0.339. The number of hydrogen-bond donors (Lipinski definition) is 0. The highest BCUT2D eigenvalue weighted by Crippen LogP contribution is 2.34. The van der Waals surface area contributed by atoms with Gasteiger partial charge in [0.05, 0.1) is 0 Å². The predicted octanol–water partition coefficient (Wildman–Crippen LogP) is 3.64. The first-order valence-electron chi connectivity index (χ1n) is 3.57. The monoisotopic (exact) mass is 200 g/mol. The van der Waals surface area contributed by atoms with E-state index in [-0.39, 0.29) is 0 Å². The minimum Gasteiger partial charge on any atom is -0.0662 e. The van der Waals surface area contributed by atoms with Gasteiger partial charge in [-0.1, -0.05) is 48.4 Å². The second-order valence-corrected chi connectivity index (χ2v) is 4.63. The third-order valence-electron chi connectivity index (χ3n) is 1.79. The molecule has 0 aromatic rings. The van der Waals surface area contributed by atoms with Crippen LogP contribution in [0.5, 0.6) is 0 Å². The first-order valence-corrected chi connectivity index (χ1v) is 4.36. The van der Waals surface area contributed by atoms with Crippen molar-refractivity contribution in [2.45, 2.75) is 27.2 Å². The van der Waals surface area contributed by atoms with Gasteiger partial charge < -0.3 is 0 Å². The summed E-state index contributed by atoms with van der Waals surface area (Å²) in [5.74, 6) is 0. The topological polar surface area (TPSA) is 0 Å². The fourth-order valence-electron chi connectivity index (χ4n) is 1.01. The van der Waals surface area contributed by atoms with Crippen molar-refractivity contribution in [1.29, 1.82) is 0 Å². The third-order valence-corrected chi connectivity index (χ3v) is 2.35. The van der Waals surface area contributed by atoms with Crippen molar-refractivity contribution in [3.63, 3.8) is 0 Å². The van der Waals surface area contributed by atoms with Gasteiger partial charge in [-0.25, -0.2) is 0 Å². The average molecular weight is 201 g/mol. The molecular formula is C9H13Br. The molecule has 1 heteroatoms. The van der Waals surface area contributed by atoms with Gasteiger partial charge in [-0.15, -0.1) is 0 Å². The minimum absolute atomic E-state index is 0.339. The van der Waals surface area contributed by atoms with E-state index in [1.165, 1.54) is 10.1 Å². The maximum atomic E-state index is 3.46. The van der Waals surface area contributed by atoms with Crippen molar-refractivity contribution in [2.75, 3.05) is 0 Å². The molecule has 10 heavy (non-hydrogen) atoms. The van der Waals surface area contributed by atoms with Gasteiger partial charge in [-0.3, -0.25) is 0 Å². The van der Waals surface area contributed by atoms with E-state index in [0.29, 0.717) is 5.41 Å². The molecule has 0 atom stereocenters. The van der Waals surface area contributed by atoms with Crippen LogP contribution < -0.4 is 0 Å². The molecule has 0 radical (unpaired) electrons. The molecule has 0 unspecified atom stereocenters. The molecule has 56 valence electrons. The van der Waals surface area contributed by atoms with Crippen molar-refractivity contribution in [1.82, 2.24) is 0 Å².